The highest BCUT2D eigenvalue weighted by atomic mass is 32.2. The SMILES string of the molecule is Cc1ccc(C)c(S(=O)(=O)NCCC2CCC2)c1N. The molecule has 0 aliphatic heterocycles. The van der Waals surface area contributed by atoms with E-state index in [0.717, 1.165) is 12.0 Å². The molecule has 0 amide bonds. The molecule has 3 N–H and O–H groups in total. The Labute approximate surface area is 115 Å². The molecule has 1 fully saturated rings. The molecule has 5 heteroatoms. The van der Waals surface area contributed by atoms with Crippen molar-refractivity contribution in [1.29, 1.82) is 0 Å². The Bertz CT molecular complexity index is 563. The Morgan fingerprint density at radius 2 is 1.89 bits per heavy atom. The van der Waals surface area contributed by atoms with Crippen LogP contribution in [0, 0.1) is 19.8 Å². The third-order valence-electron chi connectivity index (χ3n) is 3.95. The summed E-state index contributed by atoms with van der Waals surface area (Å²) in [6.45, 7) is 4.10. The lowest BCUT2D eigenvalue weighted by atomic mass is 9.83. The minimum atomic E-state index is -3.50. The molecule has 0 unspecified atom stereocenters. The Morgan fingerprint density at radius 1 is 1.26 bits per heavy atom. The van der Waals surface area contributed by atoms with Crippen LogP contribution < -0.4 is 10.5 Å². The summed E-state index contributed by atoms with van der Waals surface area (Å²) in [6.07, 6.45) is 4.66. The van der Waals surface area contributed by atoms with Gasteiger partial charge in [-0.1, -0.05) is 31.4 Å². The van der Waals surface area contributed by atoms with Gasteiger partial charge in [-0.25, -0.2) is 13.1 Å². The van der Waals surface area contributed by atoms with Crippen molar-refractivity contribution in [2.75, 3.05) is 12.3 Å². The summed E-state index contributed by atoms with van der Waals surface area (Å²) in [4.78, 5) is 0.237. The molecule has 1 aromatic rings. The van der Waals surface area contributed by atoms with E-state index in [1.807, 2.05) is 13.0 Å². The molecule has 0 radical (unpaired) electrons. The molecule has 1 aliphatic rings. The molecule has 19 heavy (non-hydrogen) atoms. The van der Waals surface area contributed by atoms with Crippen molar-refractivity contribution >= 4 is 15.7 Å². The monoisotopic (exact) mass is 282 g/mol. The van der Waals surface area contributed by atoms with Gasteiger partial charge >= 0.3 is 0 Å². The highest BCUT2D eigenvalue weighted by molar-refractivity contribution is 7.89. The van der Waals surface area contributed by atoms with Gasteiger partial charge in [0.25, 0.3) is 0 Å². The Hall–Kier alpha value is -1.07. The van der Waals surface area contributed by atoms with Crippen molar-refractivity contribution in [3.63, 3.8) is 0 Å². The van der Waals surface area contributed by atoms with E-state index >= 15 is 0 Å². The number of nitrogens with one attached hydrogen (secondary N) is 1. The zero-order valence-corrected chi connectivity index (χ0v) is 12.4. The van der Waals surface area contributed by atoms with Crippen molar-refractivity contribution in [2.24, 2.45) is 5.92 Å². The van der Waals surface area contributed by atoms with Gasteiger partial charge in [0.05, 0.1) is 5.69 Å². The lowest BCUT2D eigenvalue weighted by Crippen LogP contribution is -2.28. The maximum absolute atomic E-state index is 12.3. The van der Waals surface area contributed by atoms with Crippen molar-refractivity contribution in [3.05, 3.63) is 23.3 Å². The normalized spacial score (nSPS) is 16.3. The highest BCUT2D eigenvalue weighted by Gasteiger charge is 2.22. The lowest BCUT2D eigenvalue weighted by molar-refractivity contribution is 0.297. The number of anilines is 1. The van der Waals surface area contributed by atoms with Crippen LogP contribution in [-0.2, 0) is 10.0 Å². The Balaban J connectivity index is 2.12. The number of hydrogen-bond donors (Lipinski definition) is 2. The minimum absolute atomic E-state index is 0.237. The van der Waals surface area contributed by atoms with Crippen LogP contribution in [0.25, 0.3) is 0 Å². The molecule has 0 spiro atoms. The second kappa shape index (κ2) is 5.51. The number of aryl methyl sites for hydroxylation is 2. The lowest BCUT2D eigenvalue weighted by Gasteiger charge is -2.25. The zero-order valence-electron chi connectivity index (χ0n) is 11.6. The fourth-order valence-corrected chi connectivity index (χ4v) is 3.89. The van der Waals surface area contributed by atoms with Gasteiger partial charge in [0.15, 0.2) is 0 Å². The third kappa shape index (κ3) is 3.09. The summed E-state index contributed by atoms with van der Waals surface area (Å²) in [7, 11) is -3.50. The molecule has 0 saturated heterocycles. The van der Waals surface area contributed by atoms with E-state index < -0.39 is 10.0 Å². The van der Waals surface area contributed by atoms with Crippen LogP contribution in [0.1, 0.15) is 36.8 Å². The van der Waals surface area contributed by atoms with Gasteiger partial charge in [0.1, 0.15) is 4.90 Å². The fraction of sp³-hybridized carbons (Fsp3) is 0.571. The fourth-order valence-electron chi connectivity index (χ4n) is 2.41. The van der Waals surface area contributed by atoms with E-state index in [-0.39, 0.29) is 4.90 Å². The summed E-state index contributed by atoms with van der Waals surface area (Å²) < 4.78 is 27.3. The van der Waals surface area contributed by atoms with Gasteiger partial charge < -0.3 is 5.73 Å². The number of nitrogens with two attached hydrogens (primary N) is 1. The summed E-state index contributed by atoms with van der Waals surface area (Å²) in [5.41, 5.74) is 7.77. The number of nitrogen functional groups attached to an aromatic ring is 1. The predicted octanol–water partition coefficient (Wildman–Crippen LogP) is 2.35. The van der Waals surface area contributed by atoms with Gasteiger partial charge in [-0.15, -0.1) is 0 Å². The molecule has 2 rings (SSSR count). The standard InChI is InChI=1S/C14H22N2O2S/c1-10-6-7-11(2)14(13(10)15)19(17,18)16-9-8-12-4-3-5-12/h6-7,12,16H,3-5,8-9,15H2,1-2H3. The van der Waals surface area contributed by atoms with E-state index in [2.05, 4.69) is 4.72 Å². The van der Waals surface area contributed by atoms with E-state index in [4.69, 9.17) is 5.73 Å². The highest BCUT2D eigenvalue weighted by Crippen LogP contribution is 2.29. The predicted molar refractivity (Wildman–Crippen MR) is 77.5 cm³/mol. The van der Waals surface area contributed by atoms with Gasteiger partial charge in [0.2, 0.25) is 10.0 Å². The topological polar surface area (TPSA) is 72.2 Å². The maximum Gasteiger partial charge on any atom is 0.242 e. The molecule has 0 aromatic heterocycles. The smallest absolute Gasteiger partial charge is 0.242 e. The molecular formula is C14H22N2O2S. The number of hydrogen-bond acceptors (Lipinski definition) is 3. The quantitative estimate of drug-likeness (QED) is 0.814. The molecule has 1 aliphatic carbocycles. The van der Waals surface area contributed by atoms with Crippen LogP contribution in [0.3, 0.4) is 0 Å². The van der Waals surface area contributed by atoms with Gasteiger partial charge in [-0.2, -0.15) is 0 Å². The van der Waals surface area contributed by atoms with Gasteiger partial charge in [-0.05, 0) is 37.3 Å². The van der Waals surface area contributed by atoms with Crippen LogP contribution >= 0.6 is 0 Å². The largest absolute Gasteiger partial charge is 0.397 e. The van der Waals surface area contributed by atoms with Gasteiger partial charge in [0, 0.05) is 6.54 Å². The average Bonchev–Trinajstić information content (AvgIpc) is 2.27. The van der Waals surface area contributed by atoms with Crippen LogP contribution in [0.4, 0.5) is 5.69 Å². The van der Waals surface area contributed by atoms with E-state index in [1.54, 1.807) is 13.0 Å². The second-order valence-electron chi connectivity index (χ2n) is 5.43. The first-order valence-corrected chi connectivity index (χ1v) is 8.25. The average molecular weight is 282 g/mol. The summed E-state index contributed by atoms with van der Waals surface area (Å²) in [6, 6.07) is 3.64. The summed E-state index contributed by atoms with van der Waals surface area (Å²) in [5.74, 6) is 0.693. The summed E-state index contributed by atoms with van der Waals surface area (Å²) >= 11 is 0. The Morgan fingerprint density at radius 3 is 2.47 bits per heavy atom. The number of benzene rings is 1. The molecule has 0 bridgehead atoms. The second-order valence-corrected chi connectivity index (χ2v) is 7.13. The molecule has 0 atom stereocenters. The third-order valence-corrected chi connectivity index (χ3v) is 5.61. The van der Waals surface area contributed by atoms with Crippen molar-refractivity contribution < 1.29 is 8.42 Å². The van der Waals surface area contributed by atoms with Crippen molar-refractivity contribution in [3.8, 4) is 0 Å². The van der Waals surface area contributed by atoms with E-state index in [0.29, 0.717) is 23.7 Å². The molecule has 0 heterocycles. The van der Waals surface area contributed by atoms with Gasteiger partial charge in [-0.3, -0.25) is 0 Å². The van der Waals surface area contributed by atoms with Crippen molar-refractivity contribution in [1.82, 2.24) is 4.72 Å². The van der Waals surface area contributed by atoms with Crippen molar-refractivity contribution in [2.45, 2.75) is 44.4 Å². The molecule has 4 nitrogen and oxygen atoms in total. The van der Waals surface area contributed by atoms with Crippen LogP contribution in [0.5, 0.6) is 0 Å². The van der Waals surface area contributed by atoms with E-state index in [1.165, 1.54) is 19.3 Å². The maximum atomic E-state index is 12.3. The van der Waals surface area contributed by atoms with E-state index in [9.17, 15) is 8.42 Å². The molecular weight excluding hydrogens is 260 g/mol. The summed E-state index contributed by atoms with van der Waals surface area (Å²) in [5, 5.41) is 0. The molecule has 1 aromatic carbocycles. The first kappa shape index (κ1) is 14.3. The minimum Gasteiger partial charge on any atom is -0.397 e. The first-order valence-electron chi connectivity index (χ1n) is 6.77. The van der Waals surface area contributed by atoms with Crippen LogP contribution in [0.2, 0.25) is 0 Å². The zero-order chi connectivity index (χ0) is 14.0. The molecule has 1 saturated carbocycles. The number of rotatable bonds is 5. The molecule has 106 valence electrons. The van der Waals surface area contributed by atoms with Crippen LogP contribution in [-0.4, -0.2) is 15.0 Å². The van der Waals surface area contributed by atoms with Crippen LogP contribution in [0.15, 0.2) is 17.0 Å². The number of sulfonamides is 1. The Kier molecular flexibility index (Phi) is 4.16. The first-order chi connectivity index (χ1) is 8.92.